The molecule has 0 bridgehead atoms. The molecule has 0 atom stereocenters. The lowest BCUT2D eigenvalue weighted by Gasteiger charge is -1.96. The van der Waals surface area contributed by atoms with Crippen LogP contribution in [-0.4, -0.2) is 22.4 Å². The summed E-state index contributed by atoms with van der Waals surface area (Å²) in [4.78, 5) is 4.31. The predicted molar refractivity (Wildman–Crippen MR) is 52.0 cm³/mol. The molecule has 0 radical (unpaired) electrons. The van der Waals surface area contributed by atoms with Gasteiger partial charge in [0, 0.05) is 11.5 Å². The molecule has 0 aliphatic carbocycles. The fourth-order valence-corrected chi connectivity index (χ4v) is 2.44. The van der Waals surface area contributed by atoms with E-state index in [1.54, 1.807) is 11.8 Å². The molecule has 0 N–H and O–H groups in total. The van der Waals surface area contributed by atoms with Crippen molar-refractivity contribution in [1.29, 1.82) is 0 Å². The topological polar surface area (TPSA) is 12.4 Å². The lowest BCUT2D eigenvalue weighted by atomic mass is 10.4. The monoisotopic (exact) mass is 173 g/mol. The molecule has 0 aromatic rings. The van der Waals surface area contributed by atoms with Crippen LogP contribution in [0.5, 0.6) is 0 Å². The van der Waals surface area contributed by atoms with Crippen molar-refractivity contribution in [3.05, 3.63) is 12.2 Å². The standard InChI is InChI=1S/C7H11NS2/c1-6(2)5-10-7-8-3-4-9-7/h1,3-5H2,2H3. The number of thioether (sulfide) groups is 2. The molecule has 0 spiro atoms. The maximum absolute atomic E-state index is 4.31. The van der Waals surface area contributed by atoms with Crippen LogP contribution in [0.3, 0.4) is 0 Å². The SMILES string of the molecule is C=C(C)CSC1=NCCS1. The van der Waals surface area contributed by atoms with Crippen LogP contribution in [0.1, 0.15) is 6.92 Å². The Hall–Kier alpha value is 0.110. The summed E-state index contributed by atoms with van der Waals surface area (Å²) in [7, 11) is 0. The molecular formula is C7H11NS2. The number of rotatable bonds is 2. The molecule has 10 heavy (non-hydrogen) atoms. The second-order valence-corrected chi connectivity index (χ2v) is 4.55. The Balaban J connectivity index is 2.19. The van der Waals surface area contributed by atoms with Crippen LogP contribution in [0.2, 0.25) is 0 Å². The van der Waals surface area contributed by atoms with E-state index in [9.17, 15) is 0 Å². The minimum absolute atomic E-state index is 1.00. The van der Waals surface area contributed by atoms with Gasteiger partial charge >= 0.3 is 0 Å². The van der Waals surface area contributed by atoms with Gasteiger partial charge < -0.3 is 0 Å². The van der Waals surface area contributed by atoms with Crippen LogP contribution in [0.15, 0.2) is 17.1 Å². The van der Waals surface area contributed by atoms with Gasteiger partial charge in [-0.15, -0.1) is 0 Å². The van der Waals surface area contributed by atoms with Crippen molar-refractivity contribution in [2.75, 3.05) is 18.1 Å². The third-order valence-corrected chi connectivity index (χ3v) is 3.48. The number of aliphatic imine (C=N–C) groups is 1. The maximum atomic E-state index is 4.31. The van der Waals surface area contributed by atoms with Crippen LogP contribution in [0.25, 0.3) is 0 Å². The van der Waals surface area contributed by atoms with Gasteiger partial charge in [0.1, 0.15) is 4.38 Å². The predicted octanol–water partition coefficient (Wildman–Crippen LogP) is 2.40. The van der Waals surface area contributed by atoms with Crippen molar-refractivity contribution >= 4 is 27.9 Å². The Labute approximate surface area is 70.4 Å². The summed E-state index contributed by atoms with van der Waals surface area (Å²) in [6.45, 7) is 6.88. The minimum atomic E-state index is 1.00. The van der Waals surface area contributed by atoms with Gasteiger partial charge in [-0.3, -0.25) is 4.99 Å². The van der Waals surface area contributed by atoms with Crippen molar-refractivity contribution in [2.24, 2.45) is 4.99 Å². The second kappa shape index (κ2) is 4.09. The van der Waals surface area contributed by atoms with Crippen LogP contribution in [0, 0.1) is 0 Å². The molecule has 0 fully saturated rings. The summed E-state index contributed by atoms with van der Waals surface area (Å²) >= 11 is 3.66. The van der Waals surface area contributed by atoms with Crippen LogP contribution in [0.4, 0.5) is 0 Å². The van der Waals surface area contributed by atoms with Gasteiger partial charge in [0.25, 0.3) is 0 Å². The highest BCUT2D eigenvalue weighted by Gasteiger charge is 2.06. The first-order chi connectivity index (χ1) is 4.79. The molecule has 1 nitrogen and oxygen atoms in total. The van der Waals surface area contributed by atoms with E-state index >= 15 is 0 Å². The van der Waals surface area contributed by atoms with Crippen molar-refractivity contribution in [1.82, 2.24) is 0 Å². The van der Waals surface area contributed by atoms with Gasteiger partial charge in [-0.1, -0.05) is 35.7 Å². The molecule has 1 aliphatic heterocycles. The summed E-state index contributed by atoms with van der Waals surface area (Å²) in [5.74, 6) is 2.18. The molecule has 56 valence electrons. The fourth-order valence-electron chi connectivity index (χ4n) is 0.588. The van der Waals surface area contributed by atoms with Gasteiger partial charge in [-0.2, -0.15) is 0 Å². The quantitative estimate of drug-likeness (QED) is 0.594. The van der Waals surface area contributed by atoms with Crippen molar-refractivity contribution in [2.45, 2.75) is 6.92 Å². The van der Waals surface area contributed by atoms with Gasteiger partial charge in [0.2, 0.25) is 0 Å². The van der Waals surface area contributed by atoms with Gasteiger partial charge in [-0.05, 0) is 6.92 Å². The first-order valence-corrected chi connectivity index (χ1v) is 5.20. The van der Waals surface area contributed by atoms with Crippen molar-refractivity contribution in [3.8, 4) is 0 Å². The van der Waals surface area contributed by atoms with Crippen molar-refractivity contribution in [3.63, 3.8) is 0 Å². The first-order valence-electron chi connectivity index (χ1n) is 3.23. The highest BCUT2D eigenvalue weighted by Crippen LogP contribution is 2.22. The molecule has 0 saturated carbocycles. The van der Waals surface area contributed by atoms with Crippen LogP contribution >= 0.6 is 23.5 Å². The molecule has 3 heteroatoms. The molecule has 0 aromatic carbocycles. The third-order valence-electron chi connectivity index (χ3n) is 1.000. The Bertz CT molecular complexity index is 163. The molecule has 1 rings (SSSR count). The summed E-state index contributed by atoms with van der Waals surface area (Å²) in [5, 5.41) is 0. The zero-order valence-electron chi connectivity index (χ0n) is 6.09. The summed E-state index contributed by atoms with van der Waals surface area (Å²) < 4.78 is 1.24. The summed E-state index contributed by atoms with van der Waals surface area (Å²) in [5.41, 5.74) is 1.22. The van der Waals surface area contributed by atoms with E-state index in [2.05, 4.69) is 11.6 Å². The minimum Gasteiger partial charge on any atom is -0.271 e. The van der Waals surface area contributed by atoms with E-state index in [-0.39, 0.29) is 0 Å². The van der Waals surface area contributed by atoms with Crippen LogP contribution < -0.4 is 0 Å². The van der Waals surface area contributed by atoms with Gasteiger partial charge in [-0.25, -0.2) is 0 Å². The second-order valence-electron chi connectivity index (χ2n) is 2.24. The molecule has 0 saturated heterocycles. The van der Waals surface area contributed by atoms with E-state index in [0.29, 0.717) is 0 Å². The largest absolute Gasteiger partial charge is 0.271 e. The Morgan fingerprint density at radius 3 is 3.20 bits per heavy atom. The summed E-state index contributed by atoms with van der Waals surface area (Å²) in [6, 6.07) is 0. The number of hydrogen-bond donors (Lipinski definition) is 0. The van der Waals surface area contributed by atoms with Crippen molar-refractivity contribution < 1.29 is 0 Å². The van der Waals surface area contributed by atoms with Crippen LogP contribution in [-0.2, 0) is 0 Å². The van der Waals surface area contributed by atoms with E-state index in [1.807, 2.05) is 18.7 Å². The van der Waals surface area contributed by atoms with E-state index in [4.69, 9.17) is 0 Å². The van der Waals surface area contributed by atoms with E-state index in [0.717, 1.165) is 12.3 Å². The zero-order chi connectivity index (χ0) is 7.40. The lowest BCUT2D eigenvalue weighted by molar-refractivity contribution is 1.18. The molecule has 0 aromatic heterocycles. The molecular weight excluding hydrogens is 162 g/mol. The first kappa shape index (κ1) is 8.21. The van der Waals surface area contributed by atoms with E-state index in [1.165, 1.54) is 15.7 Å². The number of nitrogens with zero attached hydrogens (tertiary/aromatic N) is 1. The Kier molecular flexibility index (Phi) is 3.35. The molecule has 1 heterocycles. The van der Waals surface area contributed by atoms with Gasteiger partial charge in [0.05, 0.1) is 6.54 Å². The molecule has 0 amide bonds. The third kappa shape index (κ3) is 2.80. The highest BCUT2D eigenvalue weighted by molar-refractivity contribution is 8.39. The highest BCUT2D eigenvalue weighted by atomic mass is 32.2. The van der Waals surface area contributed by atoms with Gasteiger partial charge in [0.15, 0.2) is 0 Å². The maximum Gasteiger partial charge on any atom is 0.124 e. The number of hydrogen-bond acceptors (Lipinski definition) is 3. The average Bonchev–Trinajstić information content (AvgIpc) is 2.34. The summed E-state index contributed by atoms with van der Waals surface area (Å²) in [6.07, 6.45) is 0. The zero-order valence-corrected chi connectivity index (χ0v) is 7.73. The smallest absolute Gasteiger partial charge is 0.124 e. The molecule has 1 aliphatic rings. The lowest BCUT2D eigenvalue weighted by Crippen LogP contribution is -1.84. The average molecular weight is 173 g/mol. The van der Waals surface area contributed by atoms with E-state index < -0.39 is 0 Å². The molecule has 0 unspecified atom stereocenters. The normalized spacial score (nSPS) is 17.1. The Morgan fingerprint density at radius 1 is 1.90 bits per heavy atom. The fraction of sp³-hybridized carbons (Fsp3) is 0.571. The Morgan fingerprint density at radius 2 is 2.70 bits per heavy atom.